The van der Waals surface area contributed by atoms with E-state index in [0.717, 1.165) is 12.8 Å². The summed E-state index contributed by atoms with van der Waals surface area (Å²) in [5, 5.41) is 0. The molecule has 4 heteroatoms. The Kier molecular flexibility index (Phi) is 5.35. The molecule has 2 rings (SSSR count). The molecule has 120 valence electrons. The molecular formula is C18H27BO3. The maximum atomic E-state index is 6.18. The van der Waals surface area contributed by atoms with Gasteiger partial charge in [-0.2, -0.15) is 0 Å². The van der Waals surface area contributed by atoms with Crippen LogP contribution in [0.4, 0.5) is 0 Å². The van der Waals surface area contributed by atoms with Gasteiger partial charge in [0.15, 0.2) is 0 Å². The topological polar surface area (TPSA) is 27.7 Å². The summed E-state index contributed by atoms with van der Waals surface area (Å²) in [5.41, 5.74) is 0.725. The summed E-state index contributed by atoms with van der Waals surface area (Å²) in [6.07, 6.45) is 5.72. The van der Waals surface area contributed by atoms with Crippen molar-refractivity contribution in [2.45, 2.75) is 57.6 Å². The van der Waals surface area contributed by atoms with Crippen LogP contribution in [0, 0.1) is 0 Å². The summed E-state index contributed by atoms with van der Waals surface area (Å²) in [6.45, 7) is 8.34. The number of allylic oxidation sites excluding steroid dienone is 1. The van der Waals surface area contributed by atoms with Crippen LogP contribution in [0.15, 0.2) is 42.7 Å². The van der Waals surface area contributed by atoms with Gasteiger partial charge < -0.3 is 14.0 Å². The highest BCUT2D eigenvalue weighted by molar-refractivity contribution is 6.48. The van der Waals surface area contributed by atoms with Gasteiger partial charge in [0, 0.05) is 5.82 Å². The van der Waals surface area contributed by atoms with E-state index >= 15 is 0 Å². The molecule has 0 spiro atoms. The Labute approximate surface area is 134 Å². The number of benzene rings is 1. The molecule has 0 N–H and O–H groups in total. The molecule has 1 atom stereocenters. The number of methoxy groups -OCH3 is 1. The van der Waals surface area contributed by atoms with E-state index in [2.05, 4.69) is 52.0 Å². The SMILES string of the molecule is CO/C=C/[C@H](CCc1ccccc1)B1OC(C)(C)C(C)(C)O1. The van der Waals surface area contributed by atoms with Crippen LogP contribution >= 0.6 is 0 Å². The van der Waals surface area contributed by atoms with Crippen molar-refractivity contribution >= 4 is 7.12 Å². The first kappa shape index (κ1) is 17.1. The molecule has 1 heterocycles. The summed E-state index contributed by atoms with van der Waals surface area (Å²) in [5.74, 6) is 0.168. The van der Waals surface area contributed by atoms with Crippen molar-refractivity contribution in [1.29, 1.82) is 0 Å². The molecule has 0 radical (unpaired) electrons. The Balaban J connectivity index is 2.05. The standard InChI is InChI=1S/C18H27BO3/c1-17(2)18(3,4)22-19(21-17)16(13-14-20-5)12-11-15-9-7-6-8-10-15/h6-10,13-14,16H,11-12H2,1-5H3/b14-13+/t16-/m0/s1. The van der Waals surface area contributed by atoms with Gasteiger partial charge in [0.05, 0.1) is 24.6 Å². The van der Waals surface area contributed by atoms with Crippen molar-refractivity contribution in [3.05, 3.63) is 48.2 Å². The van der Waals surface area contributed by atoms with Crippen molar-refractivity contribution in [2.24, 2.45) is 0 Å². The highest BCUT2D eigenvalue weighted by Crippen LogP contribution is 2.41. The molecule has 0 amide bonds. The Bertz CT molecular complexity index is 480. The minimum atomic E-state index is -0.302. The largest absolute Gasteiger partial charge is 0.505 e. The molecular weight excluding hydrogens is 275 g/mol. The van der Waals surface area contributed by atoms with E-state index in [1.165, 1.54) is 5.56 Å². The molecule has 0 saturated carbocycles. The van der Waals surface area contributed by atoms with Gasteiger partial charge in [-0.3, -0.25) is 0 Å². The second-order valence-corrected chi connectivity index (χ2v) is 6.88. The van der Waals surface area contributed by atoms with Crippen LogP contribution in [0.2, 0.25) is 5.82 Å². The maximum absolute atomic E-state index is 6.18. The van der Waals surface area contributed by atoms with Crippen molar-refractivity contribution < 1.29 is 14.0 Å². The minimum absolute atomic E-state index is 0.168. The molecule has 0 aliphatic carbocycles. The highest BCUT2D eigenvalue weighted by Gasteiger charge is 2.53. The van der Waals surface area contributed by atoms with Gasteiger partial charge in [0.2, 0.25) is 0 Å². The second kappa shape index (κ2) is 6.88. The number of hydrogen-bond donors (Lipinski definition) is 0. The van der Waals surface area contributed by atoms with E-state index < -0.39 is 0 Å². The fourth-order valence-corrected chi connectivity index (χ4v) is 2.54. The van der Waals surface area contributed by atoms with Gasteiger partial charge in [-0.1, -0.05) is 30.3 Å². The predicted molar refractivity (Wildman–Crippen MR) is 90.7 cm³/mol. The Morgan fingerprint density at radius 1 is 1.09 bits per heavy atom. The van der Waals surface area contributed by atoms with E-state index in [1.54, 1.807) is 13.4 Å². The maximum Gasteiger partial charge on any atom is 0.465 e. The Morgan fingerprint density at radius 2 is 1.68 bits per heavy atom. The lowest BCUT2D eigenvalue weighted by atomic mass is 9.69. The molecule has 22 heavy (non-hydrogen) atoms. The third-order valence-electron chi connectivity index (χ3n) is 4.69. The second-order valence-electron chi connectivity index (χ2n) is 6.88. The number of aryl methyl sites for hydroxylation is 1. The summed E-state index contributed by atoms with van der Waals surface area (Å²) >= 11 is 0. The smallest absolute Gasteiger partial charge is 0.465 e. The van der Waals surface area contributed by atoms with Crippen LogP contribution in [-0.2, 0) is 20.5 Å². The van der Waals surface area contributed by atoms with Crippen molar-refractivity contribution in [3.8, 4) is 0 Å². The molecule has 0 aromatic heterocycles. The zero-order chi connectivity index (χ0) is 16.2. The molecule has 1 aromatic rings. The fourth-order valence-electron chi connectivity index (χ4n) is 2.54. The number of ether oxygens (including phenoxy) is 1. The Hall–Kier alpha value is -1.26. The molecule has 1 aliphatic rings. The van der Waals surface area contributed by atoms with E-state index in [1.807, 2.05) is 12.1 Å². The molecule has 1 fully saturated rings. The van der Waals surface area contributed by atoms with Crippen molar-refractivity contribution in [3.63, 3.8) is 0 Å². The van der Waals surface area contributed by atoms with Crippen LogP contribution in [-0.4, -0.2) is 25.4 Å². The third kappa shape index (κ3) is 3.93. The van der Waals surface area contributed by atoms with Crippen molar-refractivity contribution in [1.82, 2.24) is 0 Å². The van der Waals surface area contributed by atoms with Crippen LogP contribution in [0.25, 0.3) is 0 Å². The van der Waals surface area contributed by atoms with E-state index in [9.17, 15) is 0 Å². The molecule has 0 unspecified atom stereocenters. The predicted octanol–water partition coefficient (Wildman–Crippen LogP) is 4.24. The van der Waals surface area contributed by atoms with E-state index in [0.29, 0.717) is 0 Å². The average Bonchev–Trinajstić information content (AvgIpc) is 2.68. The molecule has 1 saturated heterocycles. The monoisotopic (exact) mass is 302 g/mol. The number of rotatable bonds is 6. The molecule has 0 bridgehead atoms. The number of hydrogen-bond acceptors (Lipinski definition) is 3. The first-order valence-corrected chi connectivity index (χ1v) is 7.95. The van der Waals surface area contributed by atoms with Gasteiger partial charge in [0.1, 0.15) is 0 Å². The normalized spacial score (nSPS) is 21.2. The zero-order valence-corrected chi connectivity index (χ0v) is 14.3. The highest BCUT2D eigenvalue weighted by atomic mass is 16.7. The summed E-state index contributed by atoms with van der Waals surface area (Å²) < 4.78 is 17.5. The van der Waals surface area contributed by atoms with Gasteiger partial charge >= 0.3 is 7.12 Å². The van der Waals surface area contributed by atoms with E-state index in [4.69, 9.17) is 14.0 Å². The van der Waals surface area contributed by atoms with Crippen LogP contribution in [0.3, 0.4) is 0 Å². The lowest BCUT2D eigenvalue weighted by Gasteiger charge is -2.32. The van der Waals surface area contributed by atoms with Gasteiger partial charge in [-0.05, 0) is 52.2 Å². The zero-order valence-electron chi connectivity index (χ0n) is 14.3. The van der Waals surface area contributed by atoms with Gasteiger partial charge in [-0.15, -0.1) is 0 Å². The lowest BCUT2D eigenvalue weighted by Crippen LogP contribution is -2.41. The molecule has 1 aliphatic heterocycles. The quantitative estimate of drug-likeness (QED) is 0.581. The Morgan fingerprint density at radius 3 is 2.23 bits per heavy atom. The lowest BCUT2D eigenvalue weighted by molar-refractivity contribution is 0.00578. The molecule has 3 nitrogen and oxygen atoms in total. The average molecular weight is 302 g/mol. The van der Waals surface area contributed by atoms with E-state index in [-0.39, 0.29) is 24.1 Å². The van der Waals surface area contributed by atoms with Crippen LogP contribution in [0.1, 0.15) is 39.7 Å². The van der Waals surface area contributed by atoms with Gasteiger partial charge in [0.25, 0.3) is 0 Å². The minimum Gasteiger partial charge on any atom is -0.505 e. The fraction of sp³-hybridized carbons (Fsp3) is 0.556. The van der Waals surface area contributed by atoms with Crippen molar-refractivity contribution in [2.75, 3.05) is 7.11 Å². The van der Waals surface area contributed by atoms with Crippen LogP contribution < -0.4 is 0 Å². The third-order valence-corrected chi connectivity index (χ3v) is 4.69. The first-order valence-electron chi connectivity index (χ1n) is 7.95. The van der Waals surface area contributed by atoms with Gasteiger partial charge in [-0.25, -0.2) is 0 Å². The summed E-state index contributed by atoms with van der Waals surface area (Å²) in [7, 11) is 1.43. The van der Waals surface area contributed by atoms with Crippen LogP contribution in [0.5, 0.6) is 0 Å². The summed E-state index contributed by atoms with van der Waals surface area (Å²) in [6, 6.07) is 10.5. The first-order chi connectivity index (χ1) is 10.4. The summed E-state index contributed by atoms with van der Waals surface area (Å²) in [4.78, 5) is 0. The molecule has 1 aromatic carbocycles.